The van der Waals surface area contributed by atoms with Gasteiger partial charge in [-0.1, -0.05) is 23.2 Å². The van der Waals surface area contributed by atoms with E-state index in [1.165, 1.54) is 49.5 Å². The lowest BCUT2D eigenvalue weighted by Gasteiger charge is -2.13. The lowest BCUT2D eigenvalue weighted by Crippen LogP contribution is -2.40. The lowest BCUT2D eigenvalue weighted by molar-refractivity contribution is -0.148. The van der Waals surface area contributed by atoms with Crippen molar-refractivity contribution in [2.75, 3.05) is 11.9 Å². The first-order valence-corrected chi connectivity index (χ1v) is 9.77. The highest BCUT2D eigenvalue weighted by Gasteiger charge is 2.23. The van der Waals surface area contributed by atoms with Gasteiger partial charge in [-0.2, -0.15) is 4.72 Å². The number of benzene rings is 1. The number of ether oxygens (including phenoxy) is 1. The van der Waals surface area contributed by atoms with Gasteiger partial charge in [-0.3, -0.25) is 9.59 Å². The van der Waals surface area contributed by atoms with E-state index in [0.717, 1.165) is 0 Å². The van der Waals surface area contributed by atoms with E-state index in [-0.39, 0.29) is 10.7 Å². The minimum absolute atomic E-state index is 0.0573. The standard InChI is InChI=1S/C16H15Cl2N3O5S/c1-10(21-27(24,25)13-5-2-11(17)3-6-13)16(23)26-9-15(22)20-14-7-4-12(18)8-19-14/h2-8,10,21H,9H2,1H3,(H,19,20,22). The average Bonchev–Trinajstić information content (AvgIpc) is 2.61. The zero-order valence-corrected chi connectivity index (χ0v) is 16.3. The van der Waals surface area contributed by atoms with Gasteiger partial charge in [0.1, 0.15) is 11.9 Å². The van der Waals surface area contributed by atoms with Crippen LogP contribution in [0.2, 0.25) is 10.0 Å². The molecular weight excluding hydrogens is 417 g/mol. The van der Waals surface area contributed by atoms with Crippen molar-refractivity contribution in [3.05, 3.63) is 52.6 Å². The molecule has 0 aliphatic heterocycles. The molecule has 0 bridgehead atoms. The fraction of sp³-hybridized carbons (Fsp3) is 0.188. The molecular formula is C16H15Cl2N3O5S. The Balaban J connectivity index is 1.86. The van der Waals surface area contributed by atoms with E-state index in [9.17, 15) is 18.0 Å². The summed E-state index contributed by atoms with van der Waals surface area (Å²) in [6.07, 6.45) is 1.34. The van der Waals surface area contributed by atoms with Crippen LogP contribution in [0, 0.1) is 0 Å². The molecule has 0 radical (unpaired) electrons. The van der Waals surface area contributed by atoms with Gasteiger partial charge in [-0.05, 0) is 43.3 Å². The Kier molecular flexibility index (Phi) is 7.14. The van der Waals surface area contributed by atoms with Gasteiger partial charge in [-0.15, -0.1) is 0 Å². The zero-order valence-electron chi connectivity index (χ0n) is 14.0. The number of hydrogen-bond acceptors (Lipinski definition) is 6. The van der Waals surface area contributed by atoms with Crippen LogP contribution in [0.3, 0.4) is 0 Å². The highest BCUT2D eigenvalue weighted by Crippen LogP contribution is 2.14. The van der Waals surface area contributed by atoms with Gasteiger partial charge in [0, 0.05) is 11.2 Å². The first-order chi connectivity index (χ1) is 12.7. The number of esters is 1. The van der Waals surface area contributed by atoms with E-state index in [1.807, 2.05) is 0 Å². The molecule has 2 aromatic rings. The molecule has 0 aliphatic carbocycles. The predicted octanol–water partition coefficient (Wildman–Crippen LogP) is 2.24. The second-order valence-corrected chi connectivity index (χ2v) is 7.90. The Morgan fingerprint density at radius 3 is 2.33 bits per heavy atom. The summed E-state index contributed by atoms with van der Waals surface area (Å²) in [4.78, 5) is 27.5. The summed E-state index contributed by atoms with van der Waals surface area (Å²) in [5.74, 6) is -1.31. The van der Waals surface area contributed by atoms with Crippen molar-refractivity contribution in [2.45, 2.75) is 17.9 Å². The molecule has 0 fully saturated rings. The number of aromatic nitrogens is 1. The highest BCUT2D eigenvalue weighted by atomic mass is 35.5. The van der Waals surface area contributed by atoms with Crippen LogP contribution in [0.4, 0.5) is 5.82 Å². The lowest BCUT2D eigenvalue weighted by atomic mass is 10.4. The van der Waals surface area contributed by atoms with Crippen molar-refractivity contribution in [2.24, 2.45) is 0 Å². The zero-order chi connectivity index (χ0) is 20.0. The van der Waals surface area contributed by atoms with Gasteiger partial charge in [0.15, 0.2) is 6.61 Å². The largest absolute Gasteiger partial charge is 0.454 e. The summed E-state index contributed by atoms with van der Waals surface area (Å²) in [5, 5.41) is 3.19. The molecule has 2 rings (SSSR count). The number of rotatable bonds is 7. The maximum absolute atomic E-state index is 12.2. The number of anilines is 1. The topological polar surface area (TPSA) is 114 Å². The third-order valence-corrected chi connectivity index (χ3v) is 5.18. The quantitative estimate of drug-likeness (QED) is 0.649. The van der Waals surface area contributed by atoms with Crippen LogP contribution in [0.5, 0.6) is 0 Å². The highest BCUT2D eigenvalue weighted by molar-refractivity contribution is 7.89. The van der Waals surface area contributed by atoms with Crippen LogP contribution in [-0.4, -0.2) is 37.9 Å². The molecule has 11 heteroatoms. The van der Waals surface area contributed by atoms with Gasteiger partial charge < -0.3 is 10.1 Å². The third kappa shape index (κ3) is 6.47. The Morgan fingerprint density at radius 1 is 1.11 bits per heavy atom. The molecule has 0 saturated carbocycles. The van der Waals surface area contributed by atoms with Crippen LogP contribution in [0.1, 0.15) is 6.92 Å². The molecule has 0 aliphatic rings. The summed E-state index contributed by atoms with van der Waals surface area (Å²) in [6.45, 7) is 0.699. The van der Waals surface area contributed by atoms with Crippen molar-refractivity contribution in [1.29, 1.82) is 0 Å². The number of carbonyl (C=O) groups excluding carboxylic acids is 2. The van der Waals surface area contributed by atoms with E-state index in [4.69, 9.17) is 27.9 Å². The second-order valence-electron chi connectivity index (χ2n) is 5.31. The average molecular weight is 432 g/mol. The first kappa shape index (κ1) is 21.1. The van der Waals surface area contributed by atoms with Gasteiger partial charge in [-0.25, -0.2) is 13.4 Å². The Hall–Kier alpha value is -2.20. The normalized spacial score (nSPS) is 12.3. The number of nitrogens with zero attached hydrogens (tertiary/aromatic N) is 1. The molecule has 0 spiro atoms. The predicted molar refractivity (Wildman–Crippen MR) is 100 cm³/mol. The Morgan fingerprint density at radius 2 is 1.74 bits per heavy atom. The number of carbonyl (C=O) groups is 2. The summed E-state index contributed by atoms with van der Waals surface area (Å²) in [7, 11) is -3.95. The monoisotopic (exact) mass is 431 g/mol. The van der Waals surface area contributed by atoms with Crippen molar-refractivity contribution < 1.29 is 22.7 Å². The summed E-state index contributed by atoms with van der Waals surface area (Å²) >= 11 is 11.4. The van der Waals surface area contributed by atoms with Crippen LogP contribution in [0.15, 0.2) is 47.5 Å². The first-order valence-electron chi connectivity index (χ1n) is 7.53. The number of hydrogen-bond donors (Lipinski definition) is 2. The van der Waals surface area contributed by atoms with Crippen molar-refractivity contribution in [3.8, 4) is 0 Å². The maximum atomic E-state index is 12.2. The molecule has 2 N–H and O–H groups in total. The van der Waals surface area contributed by atoms with E-state index < -0.39 is 34.5 Å². The molecule has 1 unspecified atom stereocenters. The van der Waals surface area contributed by atoms with Crippen LogP contribution < -0.4 is 10.0 Å². The SMILES string of the molecule is CC(NS(=O)(=O)c1ccc(Cl)cc1)C(=O)OCC(=O)Nc1ccc(Cl)cn1. The molecule has 1 atom stereocenters. The smallest absolute Gasteiger partial charge is 0.324 e. The van der Waals surface area contributed by atoms with Crippen LogP contribution >= 0.6 is 23.2 Å². The van der Waals surface area contributed by atoms with E-state index in [0.29, 0.717) is 10.0 Å². The molecule has 1 amide bonds. The van der Waals surface area contributed by atoms with Crippen LogP contribution in [0.25, 0.3) is 0 Å². The van der Waals surface area contributed by atoms with E-state index >= 15 is 0 Å². The van der Waals surface area contributed by atoms with Crippen molar-refractivity contribution in [3.63, 3.8) is 0 Å². The summed E-state index contributed by atoms with van der Waals surface area (Å²) < 4.78 is 31.4. The number of nitrogens with one attached hydrogen (secondary N) is 2. The minimum atomic E-state index is -3.95. The fourth-order valence-corrected chi connectivity index (χ4v) is 3.28. The minimum Gasteiger partial charge on any atom is -0.454 e. The van der Waals surface area contributed by atoms with Crippen molar-refractivity contribution in [1.82, 2.24) is 9.71 Å². The molecule has 8 nitrogen and oxygen atoms in total. The van der Waals surface area contributed by atoms with E-state index in [2.05, 4.69) is 15.0 Å². The Labute approximate surface area is 165 Å². The maximum Gasteiger partial charge on any atom is 0.324 e. The number of halogens is 2. The summed E-state index contributed by atoms with van der Waals surface area (Å²) in [6, 6.07) is 7.23. The number of pyridine rings is 1. The summed E-state index contributed by atoms with van der Waals surface area (Å²) in [5.41, 5.74) is 0. The molecule has 27 heavy (non-hydrogen) atoms. The second kappa shape index (κ2) is 9.14. The molecule has 1 aromatic carbocycles. The number of amides is 1. The van der Waals surface area contributed by atoms with Crippen molar-refractivity contribution >= 4 is 50.9 Å². The number of sulfonamides is 1. The van der Waals surface area contributed by atoms with Gasteiger partial charge in [0.2, 0.25) is 10.0 Å². The van der Waals surface area contributed by atoms with Gasteiger partial charge in [0.05, 0.1) is 9.92 Å². The van der Waals surface area contributed by atoms with Crippen LogP contribution in [-0.2, 0) is 24.3 Å². The molecule has 1 heterocycles. The third-order valence-electron chi connectivity index (χ3n) is 3.15. The van der Waals surface area contributed by atoms with Gasteiger partial charge >= 0.3 is 5.97 Å². The fourth-order valence-electron chi connectivity index (χ4n) is 1.85. The van der Waals surface area contributed by atoms with Gasteiger partial charge in [0.25, 0.3) is 5.91 Å². The Bertz CT molecular complexity index is 918. The van der Waals surface area contributed by atoms with E-state index in [1.54, 1.807) is 0 Å². The molecule has 0 saturated heterocycles. The molecule has 144 valence electrons. The molecule has 1 aromatic heterocycles.